The molecular weight excluding hydrogens is 198 g/mol. The van der Waals surface area contributed by atoms with Gasteiger partial charge in [-0.2, -0.15) is 0 Å². The summed E-state index contributed by atoms with van der Waals surface area (Å²) in [4.78, 5) is 4.98. The average Bonchev–Trinajstić information content (AvgIpc) is 3.07. The maximum absolute atomic E-state index is 5.89. The van der Waals surface area contributed by atoms with Crippen molar-refractivity contribution < 1.29 is 0 Å². The van der Waals surface area contributed by atoms with Crippen LogP contribution in [0.3, 0.4) is 0 Å². The Morgan fingerprint density at radius 3 is 2.38 bits per heavy atom. The summed E-state index contributed by atoms with van der Waals surface area (Å²) < 4.78 is 0. The van der Waals surface area contributed by atoms with Gasteiger partial charge >= 0.3 is 0 Å². The minimum absolute atomic E-state index is 0.652. The first-order chi connectivity index (χ1) is 7.70. The minimum atomic E-state index is 0.652. The molecule has 94 valence electrons. The predicted molar refractivity (Wildman–Crippen MR) is 68.4 cm³/mol. The second-order valence-electron chi connectivity index (χ2n) is 5.83. The number of nitrogens with zero attached hydrogens (tertiary/aromatic N) is 2. The molecule has 1 aliphatic heterocycles. The van der Waals surface area contributed by atoms with Gasteiger partial charge in [0.15, 0.2) is 0 Å². The van der Waals surface area contributed by atoms with E-state index >= 15 is 0 Å². The number of likely N-dealkylation sites (tertiary alicyclic amines) is 1. The second-order valence-corrected chi connectivity index (χ2v) is 5.83. The SMILES string of the molecule is CN1CCC(CN(C)C(CN)C2CC2)CC1. The van der Waals surface area contributed by atoms with Gasteiger partial charge in [0.25, 0.3) is 0 Å². The van der Waals surface area contributed by atoms with Gasteiger partial charge in [0, 0.05) is 19.1 Å². The summed E-state index contributed by atoms with van der Waals surface area (Å²) >= 11 is 0. The largest absolute Gasteiger partial charge is 0.329 e. The number of hydrogen-bond donors (Lipinski definition) is 1. The molecule has 2 N–H and O–H groups in total. The summed E-state index contributed by atoms with van der Waals surface area (Å²) in [7, 11) is 4.50. The normalized spacial score (nSPS) is 26.2. The molecule has 2 rings (SSSR count). The van der Waals surface area contributed by atoms with Gasteiger partial charge in [-0.05, 0) is 64.7 Å². The Labute approximate surface area is 100.0 Å². The van der Waals surface area contributed by atoms with Gasteiger partial charge in [-0.25, -0.2) is 0 Å². The predicted octanol–water partition coefficient (Wildman–Crippen LogP) is 0.997. The lowest BCUT2D eigenvalue weighted by molar-refractivity contribution is 0.143. The van der Waals surface area contributed by atoms with E-state index in [1.165, 1.54) is 45.3 Å². The molecule has 1 atom stereocenters. The van der Waals surface area contributed by atoms with E-state index < -0.39 is 0 Å². The van der Waals surface area contributed by atoms with Crippen molar-refractivity contribution in [2.75, 3.05) is 40.3 Å². The number of hydrogen-bond acceptors (Lipinski definition) is 3. The molecule has 16 heavy (non-hydrogen) atoms. The van der Waals surface area contributed by atoms with Gasteiger partial charge in [-0.1, -0.05) is 0 Å². The zero-order valence-electron chi connectivity index (χ0n) is 10.9. The van der Waals surface area contributed by atoms with E-state index in [4.69, 9.17) is 5.73 Å². The molecule has 3 heteroatoms. The van der Waals surface area contributed by atoms with Crippen LogP contribution in [-0.2, 0) is 0 Å². The van der Waals surface area contributed by atoms with E-state index in [-0.39, 0.29) is 0 Å². The van der Waals surface area contributed by atoms with E-state index in [0.29, 0.717) is 6.04 Å². The van der Waals surface area contributed by atoms with Crippen LogP contribution < -0.4 is 5.73 Å². The number of nitrogens with two attached hydrogens (primary N) is 1. The molecule has 1 aliphatic carbocycles. The average molecular weight is 225 g/mol. The fraction of sp³-hybridized carbons (Fsp3) is 1.00. The topological polar surface area (TPSA) is 32.5 Å². The molecule has 3 nitrogen and oxygen atoms in total. The number of piperidine rings is 1. The summed E-state index contributed by atoms with van der Waals surface area (Å²) in [6, 6.07) is 0.652. The van der Waals surface area contributed by atoms with Gasteiger partial charge in [0.05, 0.1) is 0 Å². The Morgan fingerprint density at radius 2 is 1.88 bits per heavy atom. The minimum Gasteiger partial charge on any atom is -0.329 e. The van der Waals surface area contributed by atoms with Crippen molar-refractivity contribution in [3.63, 3.8) is 0 Å². The van der Waals surface area contributed by atoms with E-state index in [1.807, 2.05) is 0 Å². The molecule has 0 bridgehead atoms. The molecule has 0 aromatic rings. The van der Waals surface area contributed by atoms with Crippen molar-refractivity contribution in [3.05, 3.63) is 0 Å². The van der Waals surface area contributed by atoms with E-state index in [1.54, 1.807) is 0 Å². The van der Waals surface area contributed by atoms with Crippen LogP contribution >= 0.6 is 0 Å². The van der Waals surface area contributed by atoms with Gasteiger partial charge in [0.2, 0.25) is 0 Å². The quantitative estimate of drug-likeness (QED) is 0.757. The Hall–Kier alpha value is -0.120. The highest BCUT2D eigenvalue weighted by atomic mass is 15.2. The monoisotopic (exact) mass is 225 g/mol. The number of rotatable bonds is 5. The van der Waals surface area contributed by atoms with Crippen molar-refractivity contribution in [2.45, 2.75) is 31.7 Å². The lowest BCUT2D eigenvalue weighted by atomic mass is 9.96. The first-order valence-corrected chi connectivity index (χ1v) is 6.79. The molecule has 2 fully saturated rings. The Kier molecular flexibility index (Phi) is 4.22. The zero-order chi connectivity index (χ0) is 11.5. The maximum Gasteiger partial charge on any atom is 0.0243 e. The van der Waals surface area contributed by atoms with Crippen molar-refractivity contribution in [1.29, 1.82) is 0 Å². The first-order valence-electron chi connectivity index (χ1n) is 6.79. The van der Waals surface area contributed by atoms with Gasteiger partial charge in [-0.15, -0.1) is 0 Å². The third-order valence-corrected chi connectivity index (χ3v) is 4.36. The van der Waals surface area contributed by atoms with Crippen LogP contribution in [0.5, 0.6) is 0 Å². The van der Waals surface area contributed by atoms with E-state index in [9.17, 15) is 0 Å². The van der Waals surface area contributed by atoms with Crippen LogP contribution in [0.4, 0.5) is 0 Å². The fourth-order valence-electron chi connectivity index (χ4n) is 3.00. The molecule has 1 unspecified atom stereocenters. The summed E-state index contributed by atoms with van der Waals surface area (Å²) in [5.41, 5.74) is 5.89. The van der Waals surface area contributed by atoms with Gasteiger partial charge in [-0.3, -0.25) is 0 Å². The maximum atomic E-state index is 5.89. The summed E-state index contributed by atoms with van der Waals surface area (Å²) in [6.07, 6.45) is 5.53. The lowest BCUT2D eigenvalue weighted by Crippen LogP contribution is -2.44. The Bertz CT molecular complexity index is 207. The van der Waals surface area contributed by atoms with Crippen LogP contribution in [0.2, 0.25) is 0 Å². The molecule has 0 aromatic heterocycles. The summed E-state index contributed by atoms with van der Waals surface area (Å²) in [5.74, 6) is 1.80. The summed E-state index contributed by atoms with van der Waals surface area (Å²) in [6.45, 7) is 4.64. The second kappa shape index (κ2) is 5.48. The van der Waals surface area contributed by atoms with Crippen LogP contribution in [0.1, 0.15) is 25.7 Å². The van der Waals surface area contributed by atoms with Crippen molar-refractivity contribution >= 4 is 0 Å². The smallest absolute Gasteiger partial charge is 0.0243 e. The summed E-state index contributed by atoms with van der Waals surface area (Å²) in [5, 5.41) is 0. The molecule has 0 aromatic carbocycles. The Morgan fingerprint density at radius 1 is 1.25 bits per heavy atom. The molecule has 1 saturated heterocycles. The fourth-order valence-corrected chi connectivity index (χ4v) is 3.00. The molecular formula is C13H27N3. The third kappa shape index (κ3) is 3.19. The molecule has 0 amide bonds. The van der Waals surface area contributed by atoms with E-state index in [0.717, 1.165) is 18.4 Å². The molecule has 1 saturated carbocycles. The van der Waals surface area contributed by atoms with Crippen molar-refractivity contribution in [2.24, 2.45) is 17.6 Å². The lowest BCUT2D eigenvalue weighted by Gasteiger charge is -2.34. The van der Waals surface area contributed by atoms with Crippen LogP contribution in [0.25, 0.3) is 0 Å². The Balaban J connectivity index is 1.75. The molecule has 1 heterocycles. The molecule has 0 spiro atoms. The van der Waals surface area contributed by atoms with Gasteiger partial charge < -0.3 is 15.5 Å². The van der Waals surface area contributed by atoms with Crippen LogP contribution in [0.15, 0.2) is 0 Å². The first kappa shape index (κ1) is 12.3. The standard InChI is InChI=1S/C13H27N3/c1-15-7-5-11(6-8-15)10-16(2)13(9-14)12-3-4-12/h11-13H,3-10,14H2,1-2H3. The number of likely N-dealkylation sites (N-methyl/N-ethyl adjacent to an activating group) is 1. The highest BCUT2D eigenvalue weighted by Crippen LogP contribution is 2.35. The van der Waals surface area contributed by atoms with Crippen LogP contribution in [0, 0.1) is 11.8 Å². The molecule has 2 aliphatic rings. The van der Waals surface area contributed by atoms with Crippen molar-refractivity contribution in [1.82, 2.24) is 9.80 Å². The highest BCUT2D eigenvalue weighted by molar-refractivity contribution is 4.88. The highest BCUT2D eigenvalue weighted by Gasteiger charge is 2.33. The van der Waals surface area contributed by atoms with Crippen LogP contribution in [-0.4, -0.2) is 56.1 Å². The molecule has 0 radical (unpaired) electrons. The van der Waals surface area contributed by atoms with Gasteiger partial charge in [0.1, 0.15) is 0 Å². The third-order valence-electron chi connectivity index (χ3n) is 4.36. The zero-order valence-corrected chi connectivity index (χ0v) is 10.9. The van der Waals surface area contributed by atoms with Crippen molar-refractivity contribution in [3.8, 4) is 0 Å². The van der Waals surface area contributed by atoms with E-state index in [2.05, 4.69) is 23.9 Å².